The Morgan fingerprint density at radius 3 is 2.50 bits per heavy atom. The SMILES string of the molecule is [CH2]CC(COc1ccc(F)cc1)OC. The highest BCUT2D eigenvalue weighted by Gasteiger charge is 2.04. The number of rotatable bonds is 5. The van der Waals surface area contributed by atoms with Crippen molar-refractivity contribution in [3.63, 3.8) is 0 Å². The van der Waals surface area contributed by atoms with Gasteiger partial charge in [-0.3, -0.25) is 0 Å². The van der Waals surface area contributed by atoms with Gasteiger partial charge in [0.25, 0.3) is 0 Å². The molecule has 2 nitrogen and oxygen atoms in total. The van der Waals surface area contributed by atoms with Gasteiger partial charge in [0.2, 0.25) is 0 Å². The van der Waals surface area contributed by atoms with Crippen LogP contribution in [0.4, 0.5) is 4.39 Å². The summed E-state index contributed by atoms with van der Waals surface area (Å²) >= 11 is 0. The maximum atomic E-state index is 12.5. The number of methoxy groups -OCH3 is 1. The predicted molar refractivity (Wildman–Crippen MR) is 52.7 cm³/mol. The maximum Gasteiger partial charge on any atom is 0.123 e. The molecule has 0 aromatic heterocycles. The lowest BCUT2D eigenvalue weighted by molar-refractivity contribution is 0.0598. The molecule has 0 heterocycles. The predicted octanol–water partition coefficient (Wildman–Crippen LogP) is 2.44. The van der Waals surface area contributed by atoms with E-state index in [1.165, 1.54) is 12.1 Å². The normalized spacial score (nSPS) is 12.5. The fourth-order valence-electron chi connectivity index (χ4n) is 0.989. The second-order valence-corrected chi connectivity index (χ2v) is 2.91. The van der Waals surface area contributed by atoms with E-state index in [0.29, 0.717) is 18.8 Å². The van der Waals surface area contributed by atoms with Crippen LogP contribution in [0.2, 0.25) is 0 Å². The third-order valence-corrected chi connectivity index (χ3v) is 1.90. The lowest BCUT2D eigenvalue weighted by Crippen LogP contribution is -2.19. The van der Waals surface area contributed by atoms with Crippen LogP contribution in [0, 0.1) is 12.7 Å². The van der Waals surface area contributed by atoms with Crippen LogP contribution in [0.3, 0.4) is 0 Å². The van der Waals surface area contributed by atoms with Gasteiger partial charge in [-0.05, 0) is 30.7 Å². The van der Waals surface area contributed by atoms with Gasteiger partial charge in [-0.15, -0.1) is 0 Å². The second-order valence-electron chi connectivity index (χ2n) is 2.91. The van der Waals surface area contributed by atoms with E-state index in [0.717, 1.165) is 0 Å². The van der Waals surface area contributed by atoms with Gasteiger partial charge in [0.1, 0.15) is 18.2 Å². The fourth-order valence-corrected chi connectivity index (χ4v) is 0.989. The molecule has 3 heteroatoms. The van der Waals surface area contributed by atoms with Crippen molar-refractivity contribution in [2.45, 2.75) is 12.5 Å². The largest absolute Gasteiger partial charge is 0.491 e. The highest BCUT2D eigenvalue weighted by molar-refractivity contribution is 5.22. The van der Waals surface area contributed by atoms with Crippen LogP contribution in [0.15, 0.2) is 24.3 Å². The molecule has 0 spiro atoms. The van der Waals surface area contributed by atoms with E-state index in [4.69, 9.17) is 9.47 Å². The van der Waals surface area contributed by atoms with Crippen molar-refractivity contribution < 1.29 is 13.9 Å². The average Bonchev–Trinajstić information content (AvgIpc) is 2.22. The van der Waals surface area contributed by atoms with E-state index in [9.17, 15) is 4.39 Å². The molecule has 14 heavy (non-hydrogen) atoms. The molecule has 77 valence electrons. The topological polar surface area (TPSA) is 18.5 Å². The summed E-state index contributed by atoms with van der Waals surface area (Å²) in [5.41, 5.74) is 0. The molecule has 0 saturated heterocycles. The summed E-state index contributed by atoms with van der Waals surface area (Å²) < 4.78 is 23.0. The molecule has 1 rings (SSSR count). The molecule has 0 aliphatic rings. The Bertz CT molecular complexity index is 254. The van der Waals surface area contributed by atoms with E-state index in [1.54, 1.807) is 19.2 Å². The van der Waals surface area contributed by atoms with Crippen LogP contribution in [0.25, 0.3) is 0 Å². The van der Waals surface area contributed by atoms with Crippen LogP contribution in [0.1, 0.15) is 6.42 Å². The van der Waals surface area contributed by atoms with Crippen LogP contribution >= 0.6 is 0 Å². The van der Waals surface area contributed by atoms with Gasteiger partial charge in [0.05, 0.1) is 6.10 Å². The minimum atomic E-state index is -0.266. The van der Waals surface area contributed by atoms with Gasteiger partial charge in [0, 0.05) is 7.11 Å². The number of benzene rings is 1. The van der Waals surface area contributed by atoms with Crippen molar-refractivity contribution in [3.05, 3.63) is 37.0 Å². The third kappa shape index (κ3) is 3.34. The first-order valence-electron chi connectivity index (χ1n) is 4.46. The first-order valence-corrected chi connectivity index (χ1v) is 4.46. The first kappa shape index (κ1) is 11.0. The minimum Gasteiger partial charge on any atom is -0.491 e. The van der Waals surface area contributed by atoms with Gasteiger partial charge in [-0.1, -0.05) is 6.92 Å². The van der Waals surface area contributed by atoms with E-state index in [-0.39, 0.29) is 11.9 Å². The molecule has 1 aromatic carbocycles. The summed E-state index contributed by atoms with van der Waals surface area (Å²) in [6.45, 7) is 4.15. The minimum absolute atomic E-state index is 0.0138. The zero-order valence-electron chi connectivity index (χ0n) is 8.20. The smallest absolute Gasteiger partial charge is 0.123 e. The third-order valence-electron chi connectivity index (χ3n) is 1.90. The van der Waals surface area contributed by atoms with Crippen LogP contribution in [0.5, 0.6) is 5.75 Å². The Kier molecular flexibility index (Phi) is 4.40. The van der Waals surface area contributed by atoms with Crippen molar-refractivity contribution in [1.82, 2.24) is 0 Å². The molecule has 1 atom stereocenters. The molecule has 0 aliphatic heterocycles. The van der Waals surface area contributed by atoms with Gasteiger partial charge in [-0.25, -0.2) is 4.39 Å². The van der Waals surface area contributed by atoms with Crippen LogP contribution < -0.4 is 4.74 Å². The van der Waals surface area contributed by atoms with E-state index in [1.807, 2.05) is 0 Å². The Hall–Kier alpha value is -1.09. The maximum absolute atomic E-state index is 12.5. The molecular weight excluding hydrogens is 183 g/mol. The highest BCUT2D eigenvalue weighted by atomic mass is 19.1. The zero-order valence-corrected chi connectivity index (χ0v) is 8.20. The van der Waals surface area contributed by atoms with E-state index in [2.05, 4.69) is 6.92 Å². The number of ether oxygens (including phenoxy) is 2. The number of hydrogen-bond donors (Lipinski definition) is 0. The van der Waals surface area contributed by atoms with Gasteiger partial charge >= 0.3 is 0 Å². The summed E-state index contributed by atoms with van der Waals surface area (Å²) in [5, 5.41) is 0. The first-order chi connectivity index (χ1) is 6.76. The van der Waals surface area contributed by atoms with Gasteiger partial charge in [0.15, 0.2) is 0 Å². The Balaban J connectivity index is 2.41. The molecule has 0 fully saturated rings. The molecule has 0 bridgehead atoms. The molecule has 0 aliphatic carbocycles. The monoisotopic (exact) mass is 197 g/mol. The van der Waals surface area contributed by atoms with Crippen LogP contribution in [-0.4, -0.2) is 19.8 Å². The summed E-state index contributed by atoms with van der Waals surface area (Å²) in [6, 6.07) is 5.90. The van der Waals surface area contributed by atoms with E-state index < -0.39 is 0 Å². The van der Waals surface area contributed by atoms with Crippen molar-refractivity contribution in [2.75, 3.05) is 13.7 Å². The van der Waals surface area contributed by atoms with Crippen molar-refractivity contribution in [2.24, 2.45) is 0 Å². The fraction of sp³-hybridized carbons (Fsp3) is 0.364. The number of hydrogen-bond acceptors (Lipinski definition) is 2. The van der Waals surface area contributed by atoms with Crippen molar-refractivity contribution >= 4 is 0 Å². The van der Waals surface area contributed by atoms with Crippen molar-refractivity contribution in [1.29, 1.82) is 0 Å². The second kappa shape index (κ2) is 5.60. The van der Waals surface area contributed by atoms with E-state index >= 15 is 0 Å². The summed E-state index contributed by atoms with van der Waals surface area (Å²) in [5.74, 6) is 0.375. The zero-order chi connectivity index (χ0) is 10.4. The van der Waals surface area contributed by atoms with Crippen LogP contribution in [-0.2, 0) is 4.74 Å². The molecule has 1 aromatic rings. The Labute approximate surface area is 83.6 Å². The summed E-state index contributed by atoms with van der Waals surface area (Å²) in [7, 11) is 1.61. The quantitative estimate of drug-likeness (QED) is 0.721. The van der Waals surface area contributed by atoms with Gasteiger partial charge < -0.3 is 9.47 Å². The standard InChI is InChI=1S/C11H14FO2/c1-3-10(13-2)8-14-11-6-4-9(12)5-7-11/h4-7,10H,1,3,8H2,2H3. The Morgan fingerprint density at radius 1 is 1.36 bits per heavy atom. The molecular formula is C11H14FO2. The van der Waals surface area contributed by atoms with Crippen molar-refractivity contribution in [3.8, 4) is 5.75 Å². The molecule has 0 saturated carbocycles. The highest BCUT2D eigenvalue weighted by Crippen LogP contribution is 2.12. The van der Waals surface area contributed by atoms with Gasteiger partial charge in [-0.2, -0.15) is 0 Å². The molecule has 1 unspecified atom stereocenters. The lowest BCUT2D eigenvalue weighted by Gasteiger charge is -2.13. The summed E-state index contributed by atoms with van der Waals surface area (Å²) in [4.78, 5) is 0. The molecule has 1 radical (unpaired) electrons. The molecule has 0 amide bonds. The average molecular weight is 197 g/mol. The number of halogens is 1. The Morgan fingerprint density at radius 2 is 2.00 bits per heavy atom. The molecule has 0 N–H and O–H groups in total. The lowest BCUT2D eigenvalue weighted by atomic mass is 10.3. The summed E-state index contributed by atoms with van der Waals surface area (Å²) in [6.07, 6.45) is 0.637.